The van der Waals surface area contributed by atoms with Gasteiger partial charge in [-0.1, -0.05) is 32.0 Å². The van der Waals surface area contributed by atoms with Gasteiger partial charge in [0.1, 0.15) is 10.9 Å². The molecule has 2 N–H and O–H groups in total. The van der Waals surface area contributed by atoms with E-state index in [0.717, 1.165) is 4.70 Å². The molecule has 2 rings (SSSR count). The Labute approximate surface area is 127 Å². The van der Waals surface area contributed by atoms with Crippen LogP contribution in [0.2, 0.25) is 0 Å². The lowest BCUT2D eigenvalue weighted by atomic mass is 10.1. The summed E-state index contributed by atoms with van der Waals surface area (Å²) in [5.74, 6) is -1.08. The highest BCUT2D eigenvalue weighted by Gasteiger charge is 2.27. The molecule has 0 radical (unpaired) electrons. The summed E-state index contributed by atoms with van der Waals surface area (Å²) >= 11 is 1.32. The molecule has 7 heteroatoms. The van der Waals surface area contributed by atoms with E-state index >= 15 is 0 Å². The third-order valence-electron chi connectivity index (χ3n) is 3.04. The summed E-state index contributed by atoms with van der Waals surface area (Å²) in [6, 6.07) is 6.03. The van der Waals surface area contributed by atoms with E-state index in [4.69, 9.17) is 0 Å². The van der Waals surface area contributed by atoms with Gasteiger partial charge in [-0.25, -0.2) is 8.42 Å². The van der Waals surface area contributed by atoms with E-state index in [1.165, 1.54) is 11.3 Å². The Balaban J connectivity index is 2.35. The van der Waals surface area contributed by atoms with Crippen molar-refractivity contribution in [2.75, 3.05) is 0 Å². The monoisotopic (exact) mass is 327 g/mol. The molecular weight excluding hydrogens is 310 g/mol. The quantitative estimate of drug-likeness (QED) is 0.854. The standard InChI is InChI=1S/C14H17NO4S2/c1-9(2)7-11(14(16)17)15-21(18,19)13-8-20-12-6-4-3-5-10(12)13/h3-6,8-9,11,15H,7H2,1-2H3,(H,16,17)/t11-/m1/s1. The number of carboxylic acid groups (broad SMARTS) is 1. The molecule has 0 aliphatic carbocycles. The molecule has 0 bridgehead atoms. The fourth-order valence-corrected chi connectivity index (χ4v) is 4.79. The number of carbonyl (C=O) groups is 1. The third kappa shape index (κ3) is 3.61. The van der Waals surface area contributed by atoms with E-state index in [1.54, 1.807) is 17.5 Å². The molecule has 0 fully saturated rings. The second kappa shape index (κ2) is 6.13. The van der Waals surface area contributed by atoms with Crippen LogP contribution in [-0.4, -0.2) is 25.5 Å². The molecule has 21 heavy (non-hydrogen) atoms. The Morgan fingerprint density at radius 1 is 1.33 bits per heavy atom. The van der Waals surface area contributed by atoms with Gasteiger partial charge in [-0.3, -0.25) is 4.79 Å². The number of fused-ring (bicyclic) bond motifs is 1. The minimum atomic E-state index is -3.85. The maximum atomic E-state index is 12.4. The number of benzene rings is 1. The van der Waals surface area contributed by atoms with Crippen LogP contribution in [0.15, 0.2) is 34.5 Å². The van der Waals surface area contributed by atoms with Gasteiger partial charge in [0.25, 0.3) is 0 Å². The SMILES string of the molecule is CC(C)C[C@@H](NS(=O)(=O)c1csc2ccccc12)C(=O)O. The Bertz CT molecular complexity index is 749. The molecule has 0 unspecified atom stereocenters. The van der Waals surface area contributed by atoms with Crippen molar-refractivity contribution in [2.45, 2.75) is 31.2 Å². The number of hydrogen-bond donors (Lipinski definition) is 2. The zero-order valence-corrected chi connectivity index (χ0v) is 13.4. The Morgan fingerprint density at radius 2 is 2.00 bits per heavy atom. The Kier molecular flexibility index (Phi) is 4.65. The number of aliphatic carboxylic acids is 1. The van der Waals surface area contributed by atoms with Gasteiger partial charge in [0.2, 0.25) is 10.0 Å². The fraction of sp³-hybridized carbons (Fsp3) is 0.357. The first kappa shape index (κ1) is 15.9. The van der Waals surface area contributed by atoms with Crippen LogP contribution >= 0.6 is 11.3 Å². The summed E-state index contributed by atoms with van der Waals surface area (Å²) in [5.41, 5.74) is 0. The third-order valence-corrected chi connectivity index (χ3v) is 5.66. The maximum Gasteiger partial charge on any atom is 0.321 e. The lowest BCUT2D eigenvalue weighted by Gasteiger charge is -2.16. The van der Waals surface area contributed by atoms with Crippen molar-refractivity contribution in [2.24, 2.45) is 5.92 Å². The highest BCUT2D eigenvalue weighted by molar-refractivity contribution is 7.90. The summed E-state index contributed by atoms with van der Waals surface area (Å²) in [5, 5.41) is 11.3. The largest absolute Gasteiger partial charge is 0.480 e. The van der Waals surface area contributed by atoms with Crippen LogP contribution in [-0.2, 0) is 14.8 Å². The van der Waals surface area contributed by atoms with Crippen LogP contribution in [0.1, 0.15) is 20.3 Å². The van der Waals surface area contributed by atoms with Crippen molar-refractivity contribution in [3.8, 4) is 0 Å². The Hall–Kier alpha value is -1.44. The second-order valence-electron chi connectivity index (χ2n) is 5.24. The molecule has 114 valence electrons. The van der Waals surface area contributed by atoms with E-state index in [-0.39, 0.29) is 17.2 Å². The van der Waals surface area contributed by atoms with E-state index in [1.807, 2.05) is 26.0 Å². The molecule has 1 aromatic heterocycles. The molecule has 0 aliphatic rings. The highest BCUT2D eigenvalue weighted by Crippen LogP contribution is 2.29. The summed E-state index contributed by atoms with van der Waals surface area (Å²) in [6.07, 6.45) is 0.247. The first-order valence-corrected chi connectivity index (χ1v) is 8.89. The predicted octanol–water partition coefficient (Wildman–Crippen LogP) is 2.68. The van der Waals surface area contributed by atoms with Gasteiger partial charge >= 0.3 is 5.97 Å². The van der Waals surface area contributed by atoms with Crippen molar-refractivity contribution in [3.63, 3.8) is 0 Å². The minimum Gasteiger partial charge on any atom is -0.480 e. The zero-order valence-electron chi connectivity index (χ0n) is 11.7. The van der Waals surface area contributed by atoms with E-state index in [9.17, 15) is 18.3 Å². The summed E-state index contributed by atoms with van der Waals surface area (Å²) < 4.78 is 28.0. The number of nitrogens with one attached hydrogen (secondary N) is 1. The van der Waals surface area contributed by atoms with Gasteiger partial charge in [0, 0.05) is 15.5 Å². The van der Waals surface area contributed by atoms with Gasteiger partial charge in [-0.05, 0) is 18.4 Å². The summed E-state index contributed by atoms with van der Waals surface area (Å²) in [4.78, 5) is 11.4. The first-order valence-electron chi connectivity index (χ1n) is 6.52. The van der Waals surface area contributed by atoms with Gasteiger partial charge in [0.15, 0.2) is 0 Å². The molecule has 0 amide bonds. The molecule has 0 spiro atoms. The fourth-order valence-electron chi connectivity index (χ4n) is 2.08. The molecular formula is C14H17NO4S2. The van der Waals surface area contributed by atoms with Crippen LogP contribution in [0.4, 0.5) is 0 Å². The van der Waals surface area contributed by atoms with Crippen molar-refractivity contribution < 1.29 is 18.3 Å². The zero-order chi connectivity index (χ0) is 15.6. The minimum absolute atomic E-state index is 0.0769. The topological polar surface area (TPSA) is 83.5 Å². The average Bonchev–Trinajstić information content (AvgIpc) is 2.81. The molecule has 1 heterocycles. The number of thiophene rings is 1. The van der Waals surface area contributed by atoms with E-state index < -0.39 is 22.0 Å². The molecule has 1 atom stereocenters. The number of hydrogen-bond acceptors (Lipinski definition) is 4. The van der Waals surface area contributed by atoms with Crippen molar-refractivity contribution in [1.82, 2.24) is 4.72 Å². The van der Waals surface area contributed by atoms with Gasteiger partial charge in [0.05, 0.1) is 0 Å². The molecule has 5 nitrogen and oxygen atoms in total. The first-order chi connectivity index (χ1) is 9.81. The predicted molar refractivity (Wildman–Crippen MR) is 83.0 cm³/mol. The van der Waals surface area contributed by atoms with Gasteiger partial charge < -0.3 is 5.11 Å². The van der Waals surface area contributed by atoms with Crippen LogP contribution in [0.5, 0.6) is 0 Å². The van der Waals surface area contributed by atoms with Crippen LogP contribution in [0.25, 0.3) is 10.1 Å². The summed E-state index contributed by atoms with van der Waals surface area (Å²) in [7, 11) is -3.85. The molecule has 0 aliphatic heterocycles. The molecule has 1 aromatic carbocycles. The van der Waals surface area contributed by atoms with Gasteiger partial charge in [-0.15, -0.1) is 11.3 Å². The summed E-state index contributed by atoms with van der Waals surface area (Å²) in [6.45, 7) is 3.70. The average molecular weight is 327 g/mol. The van der Waals surface area contributed by atoms with E-state index in [0.29, 0.717) is 5.39 Å². The smallest absolute Gasteiger partial charge is 0.321 e. The van der Waals surface area contributed by atoms with Crippen LogP contribution < -0.4 is 4.72 Å². The van der Waals surface area contributed by atoms with Crippen molar-refractivity contribution in [1.29, 1.82) is 0 Å². The lowest BCUT2D eigenvalue weighted by molar-refractivity contribution is -0.139. The molecule has 0 saturated heterocycles. The Morgan fingerprint density at radius 3 is 2.62 bits per heavy atom. The van der Waals surface area contributed by atoms with Crippen LogP contribution in [0, 0.1) is 5.92 Å². The van der Waals surface area contributed by atoms with E-state index in [2.05, 4.69) is 4.72 Å². The maximum absolute atomic E-state index is 12.4. The molecule has 0 saturated carbocycles. The number of sulfonamides is 1. The molecule has 2 aromatic rings. The lowest BCUT2D eigenvalue weighted by Crippen LogP contribution is -2.41. The highest BCUT2D eigenvalue weighted by atomic mass is 32.2. The van der Waals surface area contributed by atoms with Crippen molar-refractivity contribution in [3.05, 3.63) is 29.6 Å². The van der Waals surface area contributed by atoms with Crippen LogP contribution in [0.3, 0.4) is 0 Å². The number of rotatable bonds is 6. The normalized spacial score (nSPS) is 13.7. The van der Waals surface area contributed by atoms with Gasteiger partial charge in [-0.2, -0.15) is 4.72 Å². The second-order valence-corrected chi connectivity index (χ2v) is 7.83. The van der Waals surface area contributed by atoms with Crippen molar-refractivity contribution >= 4 is 37.4 Å². The number of carboxylic acids is 1.